The normalized spacial score (nSPS) is 12.9. The molecule has 0 heterocycles. The number of benzene rings is 2. The number of nitro groups is 1. The van der Waals surface area contributed by atoms with Gasteiger partial charge >= 0.3 is 5.69 Å². The number of ether oxygens (including phenoxy) is 1. The fourth-order valence-corrected chi connectivity index (χ4v) is 2.64. The first-order valence-electron chi connectivity index (χ1n) is 8.72. The van der Waals surface area contributed by atoms with Crippen LogP contribution in [-0.2, 0) is 4.79 Å². The number of carbonyl (C=O) groups is 2. The smallest absolute Gasteiger partial charge is 0.313 e. The summed E-state index contributed by atoms with van der Waals surface area (Å²) in [6, 6.07) is 10.3. The molecule has 0 saturated heterocycles. The Morgan fingerprint density at radius 1 is 1.11 bits per heavy atom. The quantitative estimate of drug-likeness (QED) is 0.399. The Hall–Kier alpha value is -3.13. The van der Waals surface area contributed by atoms with Gasteiger partial charge in [-0.3, -0.25) is 19.7 Å². The van der Waals surface area contributed by atoms with Crippen LogP contribution in [0.2, 0.25) is 5.02 Å². The zero-order chi connectivity index (χ0) is 20.1. The molecule has 2 N–H and O–H groups in total. The second-order valence-electron chi connectivity index (χ2n) is 6.32. The highest BCUT2D eigenvalue weighted by Crippen LogP contribution is 2.33. The average molecular weight is 404 g/mol. The molecular weight excluding hydrogens is 386 g/mol. The number of hydrogen-bond acceptors (Lipinski definition) is 5. The highest BCUT2D eigenvalue weighted by atomic mass is 35.5. The largest absolute Gasteiger partial charge is 0.450 e. The lowest BCUT2D eigenvalue weighted by Crippen LogP contribution is -2.35. The minimum absolute atomic E-state index is 0.0343. The van der Waals surface area contributed by atoms with Gasteiger partial charge in [0.2, 0.25) is 11.7 Å². The molecule has 2 aromatic rings. The van der Waals surface area contributed by atoms with Gasteiger partial charge in [0.15, 0.2) is 0 Å². The Morgan fingerprint density at radius 3 is 2.43 bits per heavy atom. The van der Waals surface area contributed by atoms with E-state index in [0.717, 1.165) is 12.8 Å². The van der Waals surface area contributed by atoms with Crippen molar-refractivity contribution in [2.45, 2.75) is 12.8 Å². The van der Waals surface area contributed by atoms with E-state index in [0.29, 0.717) is 24.4 Å². The molecular formula is C19H18ClN3O5. The molecule has 8 nitrogen and oxygen atoms in total. The standard InChI is InChI=1S/C19H18ClN3O5/c20-14-5-8-17(16(11-14)23(26)27)28-15-6-3-13(4-7-15)19(25)22-10-9-21-18(24)12-1-2-12/h3-8,11-12H,1-2,9-10H2,(H,21,24)(H,22,25). The average Bonchev–Trinajstić information content (AvgIpc) is 3.52. The van der Waals surface area contributed by atoms with E-state index in [2.05, 4.69) is 10.6 Å². The Labute approximate surface area is 166 Å². The molecule has 2 amide bonds. The third-order valence-electron chi connectivity index (χ3n) is 4.12. The zero-order valence-electron chi connectivity index (χ0n) is 14.8. The van der Waals surface area contributed by atoms with Crippen molar-refractivity contribution in [3.05, 3.63) is 63.2 Å². The van der Waals surface area contributed by atoms with Gasteiger partial charge in [0.05, 0.1) is 4.92 Å². The Bertz CT molecular complexity index is 897. The maximum absolute atomic E-state index is 12.1. The van der Waals surface area contributed by atoms with Crippen LogP contribution in [0.3, 0.4) is 0 Å². The maximum atomic E-state index is 12.1. The van der Waals surface area contributed by atoms with Gasteiger partial charge in [-0.15, -0.1) is 0 Å². The molecule has 1 aliphatic rings. The predicted molar refractivity (Wildman–Crippen MR) is 103 cm³/mol. The van der Waals surface area contributed by atoms with Crippen molar-refractivity contribution in [3.8, 4) is 11.5 Å². The summed E-state index contributed by atoms with van der Waals surface area (Å²) in [6.07, 6.45) is 1.87. The highest BCUT2D eigenvalue weighted by molar-refractivity contribution is 6.30. The van der Waals surface area contributed by atoms with E-state index in [-0.39, 0.29) is 34.2 Å². The first-order chi connectivity index (χ1) is 13.4. The SMILES string of the molecule is O=C(NCCNC(=O)C1CC1)c1ccc(Oc2ccc(Cl)cc2[N+](=O)[O-])cc1. The van der Waals surface area contributed by atoms with Crippen LogP contribution < -0.4 is 15.4 Å². The molecule has 0 aliphatic heterocycles. The topological polar surface area (TPSA) is 111 Å². The first-order valence-corrected chi connectivity index (χ1v) is 9.09. The Balaban J connectivity index is 1.53. The van der Waals surface area contributed by atoms with Crippen LogP contribution in [0.15, 0.2) is 42.5 Å². The van der Waals surface area contributed by atoms with Gasteiger partial charge in [-0.2, -0.15) is 0 Å². The van der Waals surface area contributed by atoms with Gasteiger partial charge in [-0.25, -0.2) is 0 Å². The van der Waals surface area contributed by atoms with Crippen LogP contribution in [0.5, 0.6) is 11.5 Å². The molecule has 146 valence electrons. The summed E-state index contributed by atoms with van der Waals surface area (Å²) in [7, 11) is 0. The summed E-state index contributed by atoms with van der Waals surface area (Å²) >= 11 is 5.78. The Kier molecular flexibility index (Phi) is 6.10. The highest BCUT2D eigenvalue weighted by Gasteiger charge is 2.29. The third-order valence-corrected chi connectivity index (χ3v) is 4.36. The van der Waals surface area contributed by atoms with Crippen LogP contribution in [0.1, 0.15) is 23.2 Å². The third kappa shape index (κ3) is 5.20. The summed E-state index contributed by atoms with van der Waals surface area (Å²) in [5.74, 6) is 0.285. The molecule has 0 bridgehead atoms. The van der Waals surface area contributed by atoms with Crippen LogP contribution in [0, 0.1) is 16.0 Å². The summed E-state index contributed by atoms with van der Waals surface area (Å²) in [6.45, 7) is 0.703. The summed E-state index contributed by atoms with van der Waals surface area (Å²) in [5, 5.41) is 16.8. The summed E-state index contributed by atoms with van der Waals surface area (Å²) < 4.78 is 5.53. The summed E-state index contributed by atoms with van der Waals surface area (Å²) in [5.41, 5.74) is 0.161. The maximum Gasteiger partial charge on any atom is 0.313 e. The van der Waals surface area contributed by atoms with Gasteiger partial charge in [0, 0.05) is 35.7 Å². The Morgan fingerprint density at radius 2 is 1.79 bits per heavy atom. The molecule has 28 heavy (non-hydrogen) atoms. The number of nitro benzene ring substituents is 1. The van der Waals surface area contributed by atoms with E-state index in [9.17, 15) is 19.7 Å². The molecule has 0 aromatic heterocycles. The van der Waals surface area contributed by atoms with E-state index in [1.807, 2.05) is 0 Å². The van der Waals surface area contributed by atoms with Crippen molar-refractivity contribution in [2.75, 3.05) is 13.1 Å². The lowest BCUT2D eigenvalue weighted by Gasteiger charge is -2.09. The van der Waals surface area contributed by atoms with Gasteiger partial charge in [0.25, 0.3) is 5.91 Å². The molecule has 0 atom stereocenters. The zero-order valence-corrected chi connectivity index (χ0v) is 15.6. The van der Waals surface area contributed by atoms with Crippen molar-refractivity contribution in [2.24, 2.45) is 5.92 Å². The molecule has 9 heteroatoms. The number of amides is 2. The van der Waals surface area contributed by atoms with Crippen molar-refractivity contribution in [1.29, 1.82) is 0 Å². The predicted octanol–water partition coefficient (Wildman–Crippen LogP) is 3.30. The van der Waals surface area contributed by atoms with Crippen molar-refractivity contribution in [1.82, 2.24) is 10.6 Å². The number of carbonyl (C=O) groups excluding carboxylic acids is 2. The van der Waals surface area contributed by atoms with Crippen molar-refractivity contribution >= 4 is 29.1 Å². The van der Waals surface area contributed by atoms with E-state index < -0.39 is 4.92 Å². The lowest BCUT2D eigenvalue weighted by atomic mass is 10.2. The molecule has 0 radical (unpaired) electrons. The fraction of sp³-hybridized carbons (Fsp3) is 0.263. The summed E-state index contributed by atoms with van der Waals surface area (Å²) in [4.78, 5) is 34.1. The van der Waals surface area contributed by atoms with Crippen LogP contribution in [-0.4, -0.2) is 29.8 Å². The molecule has 1 saturated carbocycles. The van der Waals surface area contributed by atoms with E-state index in [4.69, 9.17) is 16.3 Å². The van der Waals surface area contributed by atoms with E-state index in [1.54, 1.807) is 24.3 Å². The van der Waals surface area contributed by atoms with E-state index >= 15 is 0 Å². The minimum atomic E-state index is -0.578. The van der Waals surface area contributed by atoms with Gasteiger partial charge < -0.3 is 15.4 Å². The molecule has 3 rings (SSSR count). The molecule has 1 aliphatic carbocycles. The second kappa shape index (κ2) is 8.71. The number of halogens is 1. The fourth-order valence-electron chi connectivity index (χ4n) is 2.47. The monoisotopic (exact) mass is 403 g/mol. The van der Waals surface area contributed by atoms with Crippen LogP contribution >= 0.6 is 11.6 Å². The van der Waals surface area contributed by atoms with Crippen LogP contribution in [0.4, 0.5) is 5.69 Å². The molecule has 2 aromatic carbocycles. The number of nitrogens with zero attached hydrogens (tertiary/aromatic N) is 1. The lowest BCUT2D eigenvalue weighted by molar-refractivity contribution is -0.385. The number of rotatable bonds is 8. The molecule has 1 fully saturated rings. The van der Waals surface area contributed by atoms with E-state index in [1.165, 1.54) is 18.2 Å². The first kappa shape index (κ1) is 19.6. The van der Waals surface area contributed by atoms with Gasteiger partial charge in [0.1, 0.15) is 5.75 Å². The van der Waals surface area contributed by atoms with Gasteiger partial charge in [-0.1, -0.05) is 11.6 Å². The number of nitrogens with one attached hydrogen (secondary N) is 2. The minimum Gasteiger partial charge on any atom is -0.450 e. The van der Waals surface area contributed by atoms with Crippen molar-refractivity contribution in [3.63, 3.8) is 0 Å². The number of hydrogen-bond donors (Lipinski definition) is 2. The van der Waals surface area contributed by atoms with Crippen molar-refractivity contribution < 1.29 is 19.2 Å². The molecule has 0 spiro atoms. The molecule has 0 unspecified atom stereocenters. The van der Waals surface area contributed by atoms with Crippen LogP contribution in [0.25, 0.3) is 0 Å². The second-order valence-corrected chi connectivity index (χ2v) is 6.75. The van der Waals surface area contributed by atoms with Gasteiger partial charge in [-0.05, 0) is 49.2 Å².